The maximum atomic E-state index is 13.4. The Bertz CT molecular complexity index is 1290. The number of nitrogens with zero attached hydrogens (tertiary/aromatic N) is 5. The minimum absolute atomic E-state index is 0.00488. The zero-order valence-corrected chi connectivity index (χ0v) is 18.9. The predicted octanol–water partition coefficient (Wildman–Crippen LogP) is 4.91. The van der Waals surface area contributed by atoms with Crippen LogP contribution in [0.15, 0.2) is 42.7 Å². The number of nitrogens with one attached hydrogen (secondary N) is 2. The van der Waals surface area contributed by atoms with Crippen LogP contribution in [0.2, 0.25) is 0 Å². The van der Waals surface area contributed by atoms with Gasteiger partial charge in [0.25, 0.3) is 5.91 Å². The Labute approximate surface area is 206 Å². The summed E-state index contributed by atoms with van der Waals surface area (Å²) in [7, 11) is 0. The first-order chi connectivity index (χ1) is 17.5. The highest BCUT2D eigenvalue weighted by molar-refractivity contribution is 6.11. The van der Waals surface area contributed by atoms with Gasteiger partial charge in [0.15, 0.2) is 5.69 Å². The van der Waals surface area contributed by atoms with Crippen molar-refractivity contribution in [2.24, 2.45) is 0 Å². The molecule has 0 unspecified atom stereocenters. The molecular formula is C23H19F6N7O. The number of pyridine rings is 1. The number of hydrogen-bond donors (Lipinski definition) is 2. The SMILES string of the molecule is O=C1c2c(cccc2C(F)(F)F)CN1c1ccc(N[C@H]2CC[C@H](Nc3ncc(C(F)(F)F)nn3)C2)nc1. The van der Waals surface area contributed by atoms with Crippen LogP contribution in [0.3, 0.4) is 0 Å². The first-order valence-electron chi connectivity index (χ1n) is 11.3. The van der Waals surface area contributed by atoms with Crippen LogP contribution in [-0.2, 0) is 18.9 Å². The maximum absolute atomic E-state index is 13.4. The third-order valence-corrected chi connectivity index (χ3v) is 6.27. The predicted molar refractivity (Wildman–Crippen MR) is 120 cm³/mol. The molecule has 1 aliphatic carbocycles. The number of alkyl halides is 6. The minimum atomic E-state index is -4.63. The first-order valence-corrected chi connectivity index (χ1v) is 11.3. The first kappa shape index (κ1) is 24.7. The fourth-order valence-electron chi connectivity index (χ4n) is 4.54. The van der Waals surface area contributed by atoms with Gasteiger partial charge in [0.1, 0.15) is 5.82 Å². The van der Waals surface area contributed by atoms with E-state index in [1.165, 1.54) is 23.2 Å². The number of anilines is 3. The van der Waals surface area contributed by atoms with E-state index >= 15 is 0 Å². The zero-order valence-electron chi connectivity index (χ0n) is 18.9. The van der Waals surface area contributed by atoms with Gasteiger partial charge in [-0.05, 0) is 43.0 Å². The summed E-state index contributed by atoms with van der Waals surface area (Å²) < 4.78 is 77.9. The largest absolute Gasteiger partial charge is 0.436 e. The van der Waals surface area contributed by atoms with E-state index in [1.54, 1.807) is 12.1 Å². The van der Waals surface area contributed by atoms with Crippen molar-refractivity contribution < 1.29 is 31.1 Å². The summed E-state index contributed by atoms with van der Waals surface area (Å²) in [6.07, 6.45) is -5.12. The second kappa shape index (κ2) is 9.16. The molecule has 3 heterocycles. The summed E-state index contributed by atoms with van der Waals surface area (Å²) in [5.74, 6) is -0.205. The number of hydrogen-bond acceptors (Lipinski definition) is 7. The normalized spacial score (nSPS) is 19.7. The van der Waals surface area contributed by atoms with Crippen LogP contribution in [0.25, 0.3) is 0 Å². The van der Waals surface area contributed by atoms with E-state index in [4.69, 9.17) is 0 Å². The second-order valence-corrected chi connectivity index (χ2v) is 8.79. The van der Waals surface area contributed by atoms with Crippen LogP contribution in [0.1, 0.15) is 46.4 Å². The van der Waals surface area contributed by atoms with Crippen molar-refractivity contribution in [1.82, 2.24) is 20.2 Å². The molecule has 1 amide bonds. The average molecular weight is 523 g/mol. The van der Waals surface area contributed by atoms with Crippen molar-refractivity contribution in [1.29, 1.82) is 0 Å². The molecule has 8 nitrogen and oxygen atoms in total. The van der Waals surface area contributed by atoms with E-state index < -0.39 is 29.5 Å². The van der Waals surface area contributed by atoms with Gasteiger partial charge >= 0.3 is 12.4 Å². The third kappa shape index (κ3) is 5.13. The van der Waals surface area contributed by atoms with E-state index in [9.17, 15) is 31.1 Å². The minimum Gasteiger partial charge on any atom is -0.367 e. The Balaban J connectivity index is 1.19. The molecule has 2 N–H and O–H groups in total. The second-order valence-electron chi connectivity index (χ2n) is 8.79. The molecule has 1 aromatic carbocycles. The van der Waals surface area contributed by atoms with Gasteiger partial charge in [0.2, 0.25) is 5.95 Å². The molecule has 5 rings (SSSR count). The number of halogens is 6. The van der Waals surface area contributed by atoms with Crippen LogP contribution in [0, 0.1) is 0 Å². The Morgan fingerprint density at radius 3 is 2.24 bits per heavy atom. The fraction of sp³-hybridized carbons (Fsp3) is 0.348. The number of rotatable bonds is 5. The molecule has 0 bridgehead atoms. The molecule has 0 saturated heterocycles. The molecule has 0 spiro atoms. The van der Waals surface area contributed by atoms with Gasteiger partial charge in [-0.1, -0.05) is 12.1 Å². The summed E-state index contributed by atoms with van der Waals surface area (Å²) in [4.78, 5) is 22.0. The van der Waals surface area contributed by atoms with Crippen LogP contribution in [0.4, 0.5) is 43.8 Å². The summed E-state index contributed by atoms with van der Waals surface area (Å²) in [5.41, 5.74) is -1.78. The molecule has 37 heavy (non-hydrogen) atoms. The Hall–Kier alpha value is -3.97. The number of carbonyl (C=O) groups is 1. The van der Waals surface area contributed by atoms with E-state index in [1.807, 2.05) is 0 Å². The third-order valence-electron chi connectivity index (χ3n) is 6.27. The van der Waals surface area contributed by atoms with Crippen LogP contribution in [-0.4, -0.2) is 38.2 Å². The monoisotopic (exact) mass is 523 g/mol. The lowest BCUT2D eigenvalue weighted by molar-refractivity contribution is -0.142. The summed E-state index contributed by atoms with van der Waals surface area (Å²) >= 11 is 0. The van der Waals surface area contributed by atoms with Crippen LogP contribution >= 0.6 is 0 Å². The molecule has 1 fully saturated rings. The number of carbonyl (C=O) groups excluding carboxylic acids is 1. The van der Waals surface area contributed by atoms with Gasteiger partial charge in [0, 0.05) is 12.1 Å². The van der Waals surface area contributed by atoms with Gasteiger partial charge in [-0.3, -0.25) is 4.79 Å². The number of benzene rings is 1. The molecule has 3 aromatic rings. The van der Waals surface area contributed by atoms with E-state index in [2.05, 4.69) is 30.8 Å². The Morgan fingerprint density at radius 2 is 1.62 bits per heavy atom. The number of fused-ring (bicyclic) bond motifs is 1. The summed E-state index contributed by atoms with van der Waals surface area (Å²) in [5, 5.41) is 12.9. The molecule has 14 heteroatoms. The van der Waals surface area contributed by atoms with Gasteiger partial charge in [-0.15, -0.1) is 10.2 Å². The lowest BCUT2D eigenvalue weighted by atomic mass is 10.0. The van der Waals surface area contributed by atoms with Crippen molar-refractivity contribution in [2.45, 2.75) is 50.2 Å². The van der Waals surface area contributed by atoms with Gasteiger partial charge in [-0.25, -0.2) is 9.97 Å². The van der Waals surface area contributed by atoms with Crippen molar-refractivity contribution >= 4 is 23.4 Å². The average Bonchev–Trinajstić information content (AvgIpc) is 3.42. The zero-order chi connectivity index (χ0) is 26.4. The lowest BCUT2D eigenvalue weighted by Gasteiger charge is -2.18. The fourth-order valence-corrected chi connectivity index (χ4v) is 4.54. The van der Waals surface area contributed by atoms with Gasteiger partial charge < -0.3 is 15.5 Å². The topological polar surface area (TPSA) is 95.9 Å². The van der Waals surface area contributed by atoms with Crippen LogP contribution < -0.4 is 15.5 Å². The van der Waals surface area contributed by atoms with Crippen molar-refractivity contribution in [3.05, 3.63) is 65.1 Å². The summed E-state index contributed by atoms with van der Waals surface area (Å²) in [6, 6.07) is 6.85. The van der Waals surface area contributed by atoms with E-state index in [0.29, 0.717) is 36.1 Å². The Kier molecular flexibility index (Phi) is 6.12. The molecule has 2 atom stereocenters. The number of aromatic nitrogens is 4. The summed E-state index contributed by atoms with van der Waals surface area (Å²) in [6.45, 7) is 0.0173. The highest BCUT2D eigenvalue weighted by Gasteiger charge is 2.41. The van der Waals surface area contributed by atoms with Gasteiger partial charge in [0.05, 0.1) is 35.8 Å². The maximum Gasteiger partial charge on any atom is 0.436 e. The van der Waals surface area contributed by atoms with Crippen molar-refractivity contribution in [3.8, 4) is 0 Å². The highest BCUT2D eigenvalue weighted by atomic mass is 19.4. The van der Waals surface area contributed by atoms with E-state index in [-0.39, 0.29) is 30.1 Å². The van der Waals surface area contributed by atoms with E-state index in [0.717, 1.165) is 12.5 Å². The molecule has 1 aliphatic heterocycles. The highest BCUT2D eigenvalue weighted by Crippen LogP contribution is 2.38. The molecule has 2 aromatic heterocycles. The lowest BCUT2D eigenvalue weighted by Crippen LogP contribution is -2.25. The van der Waals surface area contributed by atoms with Crippen molar-refractivity contribution in [2.75, 3.05) is 15.5 Å². The molecular weight excluding hydrogens is 504 g/mol. The standard InChI is InChI=1S/C23H19F6N7O/c24-22(25,26)16-3-1-2-12-11-36(20(37)19(12)16)15-6-7-18(30-9-15)32-13-4-5-14(8-13)33-21-31-10-17(34-35-21)23(27,28)29/h1-3,6-7,9-10,13-14H,4-5,8,11H2,(H,30,32)(H,31,33,35)/t13-,14-/m0/s1. The van der Waals surface area contributed by atoms with Crippen LogP contribution in [0.5, 0.6) is 0 Å². The number of amides is 1. The molecule has 194 valence electrons. The molecule has 2 aliphatic rings. The van der Waals surface area contributed by atoms with Gasteiger partial charge in [-0.2, -0.15) is 26.3 Å². The van der Waals surface area contributed by atoms with Crippen molar-refractivity contribution in [3.63, 3.8) is 0 Å². The Morgan fingerprint density at radius 1 is 0.865 bits per heavy atom. The quantitative estimate of drug-likeness (QED) is 0.459. The smallest absolute Gasteiger partial charge is 0.367 e. The molecule has 1 saturated carbocycles. The molecule has 0 radical (unpaired) electrons.